The van der Waals surface area contributed by atoms with Gasteiger partial charge in [0.25, 0.3) is 12.3 Å². The summed E-state index contributed by atoms with van der Waals surface area (Å²) in [5, 5.41) is 4.04. The first kappa shape index (κ1) is 21.8. The smallest absolute Gasteiger partial charge is 0.408 e. The van der Waals surface area contributed by atoms with Crippen LogP contribution >= 0.6 is 0 Å². The van der Waals surface area contributed by atoms with Gasteiger partial charge in [0.05, 0.1) is 6.54 Å². The van der Waals surface area contributed by atoms with Crippen molar-refractivity contribution in [2.75, 3.05) is 6.54 Å². The lowest BCUT2D eigenvalue weighted by atomic mass is 9.90. The minimum Gasteiger partial charge on any atom is -0.445 e. The molecule has 7 nitrogen and oxygen atoms in total. The van der Waals surface area contributed by atoms with Crippen molar-refractivity contribution in [3.8, 4) is 0 Å². The van der Waals surface area contributed by atoms with Gasteiger partial charge in [0.1, 0.15) is 6.61 Å². The van der Waals surface area contributed by atoms with E-state index in [9.17, 15) is 23.2 Å². The fourth-order valence-corrected chi connectivity index (χ4v) is 2.60. The second-order valence-corrected chi connectivity index (χ2v) is 6.27. The van der Waals surface area contributed by atoms with Crippen LogP contribution in [0, 0.1) is 0 Å². The van der Waals surface area contributed by atoms with Crippen molar-refractivity contribution in [1.29, 1.82) is 0 Å². The predicted molar refractivity (Wildman–Crippen MR) is 101 cm³/mol. The third kappa shape index (κ3) is 6.27. The number of carbonyl (C=O) groups excluding carboxylic acids is 3. The number of rotatable bonds is 9. The van der Waals surface area contributed by atoms with E-state index in [-0.39, 0.29) is 6.61 Å². The summed E-state index contributed by atoms with van der Waals surface area (Å²) >= 11 is 0. The fourth-order valence-electron chi connectivity index (χ4n) is 2.60. The van der Waals surface area contributed by atoms with Gasteiger partial charge in [-0.2, -0.15) is 0 Å². The summed E-state index contributed by atoms with van der Waals surface area (Å²) in [6.45, 7) is -0.816. The highest BCUT2D eigenvalue weighted by molar-refractivity contribution is 5.93. The summed E-state index contributed by atoms with van der Waals surface area (Å²) in [7, 11) is 0. The monoisotopic (exact) mass is 405 g/mol. The van der Waals surface area contributed by atoms with E-state index in [2.05, 4.69) is 0 Å². The summed E-state index contributed by atoms with van der Waals surface area (Å²) in [6, 6.07) is 16.6. The minimum absolute atomic E-state index is 0.166. The van der Waals surface area contributed by atoms with Crippen LogP contribution in [0.25, 0.3) is 0 Å². The molecule has 154 valence electrons. The Morgan fingerprint density at radius 3 is 2.03 bits per heavy atom. The van der Waals surface area contributed by atoms with Gasteiger partial charge in [-0.25, -0.2) is 13.6 Å². The lowest BCUT2D eigenvalue weighted by Gasteiger charge is -2.32. The molecule has 0 fully saturated rings. The standard InChI is InChI=1S/C20H21F2N3O4/c21-17(22)20(18(27)24-12-16(23)26,11-14-7-3-1-4-8-14)25-19(28)29-13-15-9-5-2-6-10-15/h1-10,17H,11-13H2,(H2,23,26)(H,24,27)(H,25,28). The molecule has 0 spiro atoms. The molecule has 29 heavy (non-hydrogen) atoms. The Morgan fingerprint density at radius 1 is 0.966 bits per heavy atom. The van der Waals surface area contributed by atoms with E-state index in [0.29, 0.717) is 11.1 Å². The number of alkyl carbamates (subject to hydrolysis) is 1. The maximum absolute atomic E-state index is 14.1. The Morgan fingerprint density at radius 2 is 1.52 bits per heavy atom. The summed E-state index contributed by atoms with van der Waals surface area (Å²) < 4.78 is 33.2. The second-order valence-electron chi connectivity index (χ2n) is 6.27. The first-order valence-electron chi connectivity index (χ1n) is 8.71. The normalized spacial score (nSPS) is 12.7. The number of ether oxygens (including phenoxy) is 1. The van der Waals surface area contributed by atoms with Crippen LogP contribution in [0.3, 0.4) is 0 Å². The van der Waals surface area contributed by atoms with Crippen molar-refractivity contribution in [2.45, 2.75) is 25.0 Å². The van der Waals surface area contributed by atoms with Gasteiger partial charge in [-0.3, -0.25) is 9.59 Å². The summed E-state index contributed by atoms with van der Waals surface area (Å²) in [5.41, 5.74) is 3.35. The summed E-state index contributed by atoms with van der Waals surface area (Å²) in [5.74, 6) is -2.15. The first-order valence-corrected chi connectivity index (χ1v) is 8.71. The Kier molecular flexibility index (Phi) is 7.64. The van der Waals surface area contributed by atoms with Gasteiger partial charge in [0.2, 0.25) is 5.91 Å². The molecule has 1 unspecified atom stereocenters. The highest BCUT2D eigenvalue weighted by Crippen LogP contribution is 2.23. The van der Waals surface area contributed by atoms with Gasteiger partial charge in [0.15, 0.2) is 5.54 Å². The van der Waals surface area contributed by atoms with E-state index in [1.807, 2.05) is 10.6 Å². The molecule has 0 aliphatic carbocycles. The zero-order valence-electron chi connectivity index (χ0n) is 15.4. The zero-order valence-corrected chi connectivity index (χ0v) is 15.4. The van der Waals surface area contributed by atoms with Gasteiger partial charge in [-0.1, -0.05) is 60.7 Å². The molecule has 0 bridgehead atoms. The number of alkyl halides is 2. The highest BCUT2D eigenvalue weighted by Gasteiger charge is 2.49. The number of primary amides is 1. The number of nitrogens with two attached hydrogens (primary N) is 1. The van der Waals surface area contributed by atoms with Crippen LogP contribution in [-0.4, -0.2) is 36.4 Å². The molecule has 2 aromatic rings. The molecule has 0 aliphatic heterocycles. The van der Waals surface area contributed by atoms with E-state index in [4.69, 9.17) is 10.5 Å². The van der Waals surface area contributed by atoms with Crippen LogP contribution in [-0.2, 0) is 27.4 Å². The second kappa shape index (κ2) is 10.2. The largest absolute Gasteiger partial charge is 0.445 e. The van der Waals surface area contributed by atoms with E-state index in [0.717, 1.165) is 0 Å². The predicted octanol–water partition coefficient (Wildman–Crippen LogP) is 1.76. The Balaban J connectivity index is 2.22. The van der Waals surface area contributed by atoms with E-state index in [1.165, 1.54) is 12.1 Å². The lowest BCUT2D eigenvalue weighted by molar-refractivity contribution is -0.135. The van der Waals surface area contributed by atoms with Crippen molar-refractivity contribution in [3.63, 3.8) is 0 Å². The molecule has 0 heterocycles. The Labute approximate surface area is 166 Å². The average Bonchev–Trinajstić information content (AvgIpc) is 2.71. The SMILES string of the molecule is NC(=O)CNC(=O)C(Cc1ccccc1)(NC(=O)OCc1ccccc1)C(F)F. The number of amides is 3. The van der Waals surface area contributed by atoms with Crippen molar-refractivity contribution in [2.24, 2.45) is 5.73 Å². The highest BCUT2D eigenvalue weighted by atomic mass is 19.3. The molecule has 4 N–H and O–H groups in total. The molecule has 0 saturated heterocycles. The van der Waals surface area contributed by atoms with Gasteiger partial charge in [-0.05, 0) is 11.1 Å². The van der Waals surface area contributed by atoms with Crippen molar-refractivity contribution in [3.05, 3.63) is 71.8 Å². The number of hydrogen-bond acceptors (Lipinski definition) is 4. The van der Waals surface area contributed by atoms with Crippen LogP contribution in [0.4, 0.5) is 13.6 Å². The lowest BCUT2D eigenvalue weighted by Crippen LogP contribution is -2.65. The number of benzene rings is 2. The Hall–Kier alpha value is -3.49. The van der Waals surface area contributed by atoms with Gasteiger partial charge in [-0.15, -0.1) is 0 Å². The quantitative estimate of drug-likeness (QED) is 0.590. The molecule has 3 amide bonds. The van der Waals surface area contributed by atoms with Crippen LogP contribution in [0.5, 0.6) is 0 Å². The maximum atomic E-state index is 14.1. The zero-order chi connectivity index (χ0) is 21.3. The van der Waals surface area contributed by atoms with Crippen LogP contribution < -0.4 is 16.4 Å². The van der Waals surface area contributed by atoms with Crippen molar-refractivity contribution < 1.29 is 27.9 Å². The number of hydrogen-bond donors (Lipinski definition) is 3. The minimum atomic E-state index is -3.29. The molecule has 0 aromatic heterocycles. The summed E-state index contributed by atoms with van der Waals surface area (Å²) in [4.78, 5) is 35.7. The van der Waals surface area contributed by atoms with Gasteiger partial charge in [0, 0.05) is 6.42 Å². The van der Waals surface area contributed by atoms with Crippen LogP contribution in [0.2, 0.25) is 0 Å². The molecule has 9 heteroatoms. The summed E-state index contributed by atoms with van der Waals surface area (Å²) in [6.07, 6.45) is -5.00. The van der Waals surface area contributed by atoms with Crippen LogP contribution in [0.15, 0.2) is 60.7 Å². The van der Waals surface area contributed by atoms with E-state index >= 15 is 0 Å². The molecule has 1 atom stereocenters. The van der Waals surface area contributed by atoms with Gasteiger partial charge < -0.3 is 21.1 Å². The van der Waals surface area contributed by atoms with Gasteiger partial charge >= 0.3 is 6.09 Å². The molecular formula is C20H21F2N3O4. The molecule has 0 radical (unpaired) electrons. The third-order valence-corrected chi connectivity index (χ3v) is 4.06. The van der Waals surface area contributed by atoms with E-state index < -0.39 is 42.8 Å². The van der Waals surface area contributed by atoms with Crippen molar-refractivity contribution >= 4 is 17.9 Å². The Bertz CT molecular complexity index is 834. The van der Waals surface area contributed by atoms with E-state index in [1.54, 1.807) is 48.5 Å². The molecule has 0 aliphatic rings. The number of nitrogens with one attached hydrogen (secondary N) is 2. The molecule has 2 aromatic carbocycles. The topological polar surface area (TPSA) is 111 Å². The third-order valence-electron chi connectivity index (χ3n) is 4.06. The number of carbonyl (C=O) groups is 3. The van der Waals surface area contributed by atoms with Crippen LogP contribution in [0.1, 0.15) is 11.1 Å². The molecule has 0 saturated carbocycles. The molecular weight excluding hydrogens is 384 g/mol. The van der Waals surface area contributed by atoms with Crippen molar-refractivity contribution in [1.82, 2.24) is 10.6 Å². The number of halogens is 2. The maximum Gasteiger partial charge on any atom is 0.408 e. The first-order chi connectivity index (χ1) is 13.8. The average molecular weight is 405 g/mol. The fraction of sp³-hybridized carbons (Fsp3) is 0.250. The molecule has 2 rings (SSSR count).